The molecule has 0 bridgehead atoms. The quantitative estimate of drug-likeness (QED) is 0.751. The van der Waals surface area contributed by atoms with E-state index in [0.29, 0.717) is 22.8 Å². The number of hydrogen-bond acceptors (Lipinski definition) is 3. The summed E-state index contributed by atoms with van der Waals surface area (Å²) in [7, 11) is 0. The number of rotatable bonds is 4. The first-order valence-electron chi connectivity index (χ1n) is 5.83. The Labute approximate surface area is 116 Å². The van der Waals surface area contributed by atoms with Crippen molar-refractivity contribution >= 4 is 23.5 Å². The van der Waals surface area contributed by atoms with Crippen LogP contribution in [0.15, 0.2) is 35.1 Å². The van der Waals surface area contributed by atoms with Crippen molar-refractivity contribution in [3.63, 3.8) is 0 Å². The molecule has 5 heteroatoms. The Morgan fingerprint density at radius 2 is 2.16 bits per heavy atom. The minimum Gasteiger partial charge on any atom is -0.380 e. The summed E-state index contributed by atoms with van der Waals surface area (Å²) < 4.78 is 0. The van der Waals surface area contributed by atoms with Crippen molar-refractivity contribution in [3.05, 3.63) is 62.5 Å². The number of nitrogens with one attached hydrogen (secondary N) is 3. The molecule has 4 nitrogen and oxygen atoms in total. The standard InChI is InChI=1S/C14H14ClN3O/c1-9-6-13(11(7-16)14(19)18-9)17-8-10-4-2-3-5-12(10)15/h2-7,16H,8H2,1H3,(H2,17,18,19). The van der Waals surface area contributed by atoms with Gasteiger partial charge in [0.15, 0.2) is 0 Å². The second-order valence-corrected chi connectivity index (χ2v) is 4.61. The van der Waals surface area contributed by atoms with Gasteiger partial charge >= 0.3 is 0 Å². The molecule has 1 aromatic carbocycles. The first-order chi connectivity index (χ1) is 9.11. The summed E-state index contributed by atoms with van der Waals surface area (Å²) in [6, 6.07) is 9.31. The molecule has 0 radical (unpaired) electrons. The molecule has 0 fully saturated rings. The van der Waals surface area contributed by atoms with E-state index < -0.39 is 0 Å². The number of aromatic nitrogens is 1. The number of aromatic amines is 1. The second kappa shape index (κ2) is 5.71. The molecule has 0 unspecified atom stereocenters. The molecule has 0 aliphatic rings. The lowest BCUT2D eigenvalue weighted by Gasteiger charge is -2.10. The Balaban J connectivity index is 2.27. The maximum Gasteiger partial charge on any atom is 0.259 e. The van der Waals surface area contributed by atoms with Gasteiger partial charge in [0.25, 0.3) is 5.56 Å². The number of H-pyrrole nitrogens is 1. The van der Waals surface area contributed by atoms with E-state index in [9.17, 15) is 4.79 Å². The Morgan fingerprint density at radius 1 is 1.42 bits per heavy atom. The van der Waals surface area contributed by atoms with Gasteiger partial charge in [-0.2, -0.15) is 0 Å². The van der Waals surface area contributed by atoms with Gasteiger partial charge in [-0.1, -0.05) is 29.8 Å². The van der Waals surface area contributed by atoms with Crippen molar-refractivity contribution < 1.29 is 0 Å². The molecule has 2 aromatic rings. The fourth-order valence-corrected chi connectivity index (χ4v) is 2.02. The molecule has 1 aromatic heterocycles. The zero-order valence-electron chi connectivity index (χ0n) is 10.5. The lowest BCUT2D eigenvalue weighted by Crippen LogP contribution is -2.16. The third-order valence-electron chi connectivity index (χ3n) is 2.78. The number of anilines is 1. The third-order valence-corrected chi connectivity index (χ3v) is 3.15. The number of aryl methyl sites for hydroxylation is 1. The van der Waals surface area contributed by atoms with Gasteiger partial charge in [-0.3, -0.25) is 4.79 Å². The van der Waals surface area contributed by atoms with Gasteiger partial charge in [0.05, 0.1) is 11.3 Å². The summed E-state index contributed by atoms with van der Waals surface area (Å²) in [6.07, 6.45) is 1.05. The number of benzene rings is 1. The van der Waals surface area contributed by atoms with E-state index in [1.165, 1.54) is 0 Å². The molecule has 0 saturated heterocycles. The van der Waals surface area contributed by atoms with Crippen LogP contribution in [0.4, 0.5) is 5.69 Å². The molecule has 3 N–H and O–H groups in total. The minimum atomic E-state index is -0.267. The van der Waals surface area contributed by atoms with E-state index in [0.717, 1.165) is 17.5 Å². The van der Waals surface area contributed by atoms with E-state index in [-0.39, 0.29) is 5.56 Å². The van der Waals surface area contributed by atoms with Crippen LogP contribution in [-0.2, 0) is 6.54 Å². The zero-order chi connectivity index (χ0) is 13.8. The third kappa shape index (κ3) is 3.03. The number of hydrogen-bond donors (Lipinski definition) is 3. The van der Waals surface area contributed by atoms with Crippen molar-refractivity contribution in [2.75, 3.05) is 5.32 Å². The molecule has 2 rings (SSSR count). The summed E-state index contributed by atoms with van der Waals surface area (Å²) >= 11 is 6.07. The van der Waals surface area contributed by atoms with E-state index in [4.69, 9.17) is 17.0 Å². The van der Waals surface area contributed by atoms with Gasteiger partial charge in [-0.25, -0.2) is 0 Å². The normalized spacial score (nSPS) is 10.2. The van der Waals surface area contributed by atoms with Crippen molar-refractivity contribution in [3.8, 4) is 0 Å². The van der Waals surface area contributed by atoms with E-state index in [2.05, 4.69) is 10.3 Å². The molecule has 0 aliphatic heterocycles. The second-order valence-electron chi connectivity index (χ2n) is 4.20. The van der Waals surface area contributed by atoms with Crippen molar-refractivity contribution in [1.29, 1.82) is 5.41 Å². The maximum atomic E-state index is 11.7. The fourth-order valence-electron chi connectivity index (χ4n) is 1.82. The molecular formula is C14H14ClN3O. The highest BCUT2D eigenvalue weighted by molar-refractivity contribution is 6.31. The van der Waals surface area contributed by atoms with Crippen LogP contribution in [0.2, 0.25) is 5.02 Å². The highest BCUT2D eigenvalue weighted by Crippen LogP contribution is 2.17. The maximum absolute atomic E-state index is 11.7. The summed E-state index contributed by atoms with van der Waals surface area (Å²) in [5.41, 5.74) is 2.38. The largest absolute Gasteiger partial charge is 0.380 e. The van der Waals surface area contributed by atoms with Gasteiger partial charge in [-0.15, -0.1) is 0 Å². The highest BCUT2D eigenvalue weighted by atomic mass is 35.5. The molecule has 98 valence electrons. The Kier molecular flexibility index (Phi) is 4.02. The van der Waals surface area contributed by atoms with Crippen LogP contribution in [0.25, 0.3) is 0 Å². The topological polar surface area (TPSA) is 68.7 Å². The van der Waals surface area contributed by atoms with Crippen LogP contribution in [-0.4, -0.2) is 11.2 Å². The summed E-state index contributed by atoms with van der Waals surface area (Å²) in [5, 5.41) is 11.1. The molecule has 0 amide bonds. The van der Waals surface area contributed by atoms with Crippen molar-refractivity contribution in [2.24, 2.45) is 0 Å². The van der Waals surface area contributed by atoms with Gasteiger partial charge in [-0.05, 0) is 24.6 Å². The minimum absolute atomic E-state index is 0.267. The van der Waals surface area contributed by atoms with E-state index in [1.807, 2.05) is 24.3 Å². The number of pyridine rings is 1. The van der Waals surface area contributed by atoms with E-state index in [1.54, 1.807) is 13.0 Å². The van der Waals surface area contributed by atoms with Crippen molar-refractivity contribution in [1.82, 2.24) is 4.98 Å². The molecule has 19 heavy (non-hydrogen) atoms. The fraction of sp³-hybridized carbons (Fsp3) is 0.143. The smallest absolute Gasteiger partial charge is 0.259 e. The van der Waals surface area contributed by atoms with Crippen LogP contribution in [0.3, 0.4) is 0 Å². The summed E-state index contributed by atoms with van der Waals surface area (Å²) in [6.45, 7) is 2.30. The van der Waals surface area contributed by atoms with E-state index >= 15 is 0 Å². The first kappa shape index (κ1) is 13.4. The van der Waals surface area contributed by atoms with Crippen LogP contribution in [0.5, 0.6) is 0 Å². The molecule has 0 atom stereocenters. The molecular weight excluding hydrogens is 262 g/mol. The lowest BCUT2D eigenvalue weighted by atomic mass is 10.2. The molecule has 1 heterocycles. The van der Waals surface area contributed by atoms with Crippen LogP contribution >= 0.6 is 11.6 Å². The Bertz CT molecular complexity index is 664. The first-order valence-corrected chi connectivity index (χ1v) is 6.21. The monoisotopic (exact) mass is 275 g/mol. The average molecular weight is 276 g/mol. The van der Waals surface area contributed by atoms with Crippen LogP contribution in [0, 0.1) is 12.3 Å². The zero-order valence-corrected chi connectivity index (χ0v) is 11.2. The average Bonchev–Trinajstić information content (AvgIpc) is 2.37. The molecule has 0 aliphatic carbocycles. The predicted molar refractivity (Wildman–Crippen MR) is 78.5 cm³/mol. The Morgan fingerprint density at radius 3 is 2.84 bits per heavy atom. The van der Waals surface area contributed by atoms with Crippen molar-refractivity contribution in [2.45, 2.75) is 13.5 Å². The van der Waals surface area contributed by atoms with Gasteiger partial charge in [0.1, 0.15) is 0 Å². The lowest BCUT2D eigenvalue weighted by molar-refractivity contribution is 1.10. The van der Waals surface area contributed by atoms with Gasteiger partial charge in [0.2, 0.25) is 0 Å². The summed E-state index contributed by atoms with van der Waals surface area (Å²) in [4.78, 5) is 14.4. The molecule has 0 saturated carbocycles. The van der Waals surface area contributed by atoms with Crippen LogP contribution < -0.4 is 10.9 Å². The van der Waals surface area contributed by atoms with Gasteiger partial charge in [0, 0.05) is 23.5 Å². The highest BCUT2D eigenvalue weighted by Gasteiger charge is 2.06. The number of halogens is 1. The molecule has 0 spiro atoms. The predicted octanol–water partition coefficient (Wildman–Crippen LogP) is 2.95. The van der Waals surface area contributed by atoms with Crippen LogP contribution in [0.1, 0.15) is 16.8 Å². The Hall–Kier alpha value is -2.07. The summed E-state index contributed by atoms with van der Waals surface area (Å²) in [5.74, 6) is 0. The van der Waals surface area contributed by atoms with Gasteiger partial charge < -0.3 is 15.7 Å². The SMILES string of the molecule is Cc1cc(NCc2ccccc2Cl)c(C=N)c(=O)[nH]1.